The minimum atomic E-state index is 0.00818. The van der Waals surface area contributed by atoms with Crippen LogP contribution in [0, 0.1) is 0 Å². The lowest BCUT2D eigenvalue weighted by atomic mass is 10.0. The normalized spacial score (nSPS) is 16.0. The molecule has 0 bridgehead atoms. The molecule has 1 heterocycles. The van der Waals surface area contributed by atoms with Crippen molar-refractivity contribution in [1.29, 1.82) is 0 Å². The molecule has 1 fully saturated rings. The number of amides is 1. The molecule has 1 aromatic rings. The first-order chi connectivity index (χ1) is 11.6. The maximum atomic E-state index is 12.7. The summed E-state index contributed by atoms with van der Waals surface area (Å²) in [6.45, 7) is 5.02. The van der Waals surface area contributed by atoms with E-state index in [1.165, 1.54) is 35.5 Å². The van der Waals surface area contributed by atoms with Crippen LogP contribution in [0.4, 0.5) is 5.69 Å². The van der Waals surface area contributed by atoms with E-state index in [4.69, 9.17) is 11.6 Å². The van der Waals surface area contributed by atoms with Crippen LogP contribution in [0.2, 0.25) is 0 Å². The highest BCUT2D eigenvalue weighted by Gasteiger charge is 2.25. The summed E-state index contributed by atoms with van der Waals surface area (Å²) in [6, 6.07) is 4.27. The monoisotopic (exact) mass is 449 g/mol. The number of halogens is 2. The zero-order chi connectivity index (χ0) is 17.5. The van der Waals surface area contributed by atoms with Crippen molar-refractivity contribution in [2.45, 2.75) is 44.1 Å². The summed E-state index contributed by atoms with van der Waals surface area (Å²) in [7, 11) is 0. The number of thioether (sulfide) groups is 2. The third-order valence-electron chi connectivity index (χ3n) is 4.16. The molecule has 2 nitrogen and oxygen atoms in total. The van der Waals surface area contributed by atoms with Crippen LogP contribution in [0.1, 0.15) is 37.8 Å². The number of benzene rings is 1. The molecule has 0 aromatic heterocycles. The van der Waals surface area contributed by atoms with E-state index in [0.29, 0.717) is 4.58 Å². The van der Waals surface area contributed by atoms with Gasteiger partial charge in [-0.3, -0.25) is 4.79 Å². The van der Waals surface area contributed by atoms with Gasteiger partial charge in [-0.05, 0) is 60.4 Å². The van der Waals surface area contributed by atoms with Crippen LogP contribution in [0.3, 0.4) is 0 Å². The lowest BCUT2D eigenvalue weighted by Crippen LogP contribution is -2.38. The van der Waals surface area contributed by atoms with E-state index in [1.807, 2.05) is 28.4 Å². The molecule has 0 radical (unpaired) electrons. The zero-order valence-electron chi connectivity index (χ0n) is 14.3. The fourth-order valence-corrected chi connectivity index (χ4v) is 6.36. The van der Waals surface area contributed by atoms with E-state index in [2.05, 4.69) is 41.9 Å². The molecule has 6 heteroatoms. The summed E-state index contributed by atoms with van der Waals surface area (Å²) < 4.78 is 1.51. The SMILES string of the molecule is CCc1cc(Br)cc(CC)c1N(CC1SCCCCS1)C(=O)CCl. The van der Waals surface area contributed by atoms with Crippen molar-refractivity contribution < 1.29 is 4.79 Å². The fourth-order valence-electron chi connectivity index (χ4n) is 2.93. The van der Waals surface area contributed by atoms with Gasteiger partial charge in [0.05, 0.1) is 10.3 Å². The van der Waals surface area contributed by atoms with E-state index in [0.717, 1.165) is 29.5 Å². The summed E-state index contributed by atoms with van der Waals surface area (Å²) in [5, 5.41) is 0. The number of hydrogen-bond acceptors (Lipinski definition) is 3. The van der Waals surface area contributed by atoms with Crippen LogP contribution < -0.4 is 4.90 Å². The third-order valence-corrected chi connectivity index (χ3v) is 7.75. The number of carbonyl (C=O) groups excluding carboxylic acids is 1. The van der Waals surface area contributed by atoms with E-state index in [9.17, 15) is 4.79 Å². The molecule has 0 saturated carbocycles. The number of aryl methyl sites for hydroxylation is 2. The van der Waals surface area contributed by atoms with Gasteiger partial charge in [0.2, 0.25) is 5.91 Å². The third kappa shape index (κ3) is 5.33. The van der Waals surface area contributed by atoms with Crippen LogP contribution >= 0.6 is 51.1 Å². The first-order valence-corrected chi connectivity index (χ1v) is 11.9. The molecule has 1 aliphatic rings. The number of anilines is 1. The second-order valence-electron chi connectivity index (χ2n) is 5.80. The number of rotatable bonds is 6. The van der Waals surface area contributed by atoms with Gasteiger partial charge in [-0.15, -0.1) is 35.1 Å². The Morgan fingerprint density at radius 1 is 1.21 bits per heavy atom. The largest absolute Gasteiger partial charge is 0.309 e. The van der Waals surface area contributed by atoms with Crippen LogP contribution in [-0.4, -0.2) is 34.4 Å². The molecule has 1 aromatic carbocycles. The molecule has 0 aliphatic carbocycles. The smallest absolute Gasteiger partial charge is 0.241 e. The van der Waals surface area contributed by atoms with Gasteiger partial charge in [0.15, 0.2) is 0 Å². The summed E-state index contributed by atoms with van der Waals surface area (Å²) in [4.78, 5) is 14.6. The van der Waals surface area contributed by atoms with Crippen molar-refractivity contribution in [2.24, 2.45) is 0 Å². The van der Waals surface area contributed by atoms with Gasteiger partial charge in [-0.2, -0.15) is 0 Å². The number of nitrogens with zero attached hydrogens (tertiary/aromatic N) is 1. The van der Waals surface area contributed by atoms with Crippen LogP contribution in [0.25, 0.3) is 0 Å². The number of hydrogen-bond donors (Lipinski definition) is 0. The first kappa shape index (κ1) is 20.5. The summed E-state index contributed by atoms with van der Waals surface area (Å²) in [6.07, 6.45) is 4.35. The maximum absolute atomic E-state index is 12.7. The predicted octanol–water partition coefficient (Wildman–Crippen LogP) is 5.73. The molecule has 1 aliphatic heterocycles. The van der Waals surface area contributed by atoms with Crippen molar-refractivity contribution in [3.05, 3.63) is 27.7 Å². The van der Waals surface area contributed by atoms with Crippen molar-refractivity contribution in [2.75, 3.05) is 28.8 Å². The van der Waals surface area contributed by atoms with Gasteiger partial charge in [0.1, 0.15) is 5.88 Å². The van der Waals surface area contributed by atoms with Crippen molar-refractivity contribution >= 4 is 62.6 Å². The minimum Gasteiger partial charge on any atom is -0.309 e. The highest BCUT2D eigenvalue weighted by Crippen LogP contribution is 2.35. The Morgan fingerprint density at radius 3 is 2.21 bits per heavy atom. The Kier molecular flexibility index (Phi) is 8.82. The Hall–Kier alpha value is 0.160. The summed E-state index contributed by atoms with van der Waals surface area (Å²) in [5.41, 5.74) is 3.51. The molecular formula is C18H25BrClNOS2. The van der Waals surface area contributed by atoms with E-state index in [1.54, 1.807) is 0 Å². The van der Waals surface area contributed by atoms with Gasteiger partial charge in [0.25, 0.3) is 0 Å². The molecule has 1 amide bonds. The second kappa shape index (κ2) is 10.3. The van der Waals surface area contributed by atoms with Gasteiger partial charge in [-0.25, -0.2) is 0 Å². The van der Waals surface area contributed by atoms with Crippen molar-refractivity contribution in [1.82, 2.24) is 0 Å². The van der Waals surface area contributed by atoms with Crippen LogP contribution in [0.15, 0.2) is 16.6 Å². The molecule has 134 valence electrons. The lowest BCUT2D eigenvalue weighted by molar-refractivity contribution is -0.116. The van der Waals surface area contributed by atoms with E-state index < -0.39 is 0 Å². The van der Waals surface area contributed by atoms with Crippen LogP contribution in [-0.2, 0) is 17.6 Å². The molecule has 0 spiro atoms. The van der Waals surface area contributed by atoms with Gasteiger partial charge in [0, 0.05) is 11.0 Å². The molecular weight excluding hydrogens is 426 g/mol. The maximum Gasteiger partial charge on any atom is 0.241 e. The van der Waals surface area contributed by atoms with E-state index in [-0.39, 0.29) is 11.8 Å². The quantitative estimate of drug-likeness (QED) is 0.516. The molecule has 2 rings (SSSR count). The van der Waals surface area contributed by atoms with Crippen molar-refractivity contribution in [3.63, 3.8) is 0 Å². The topological polar surface area (TPSA) is 20.3 Å². The summed E-state index contributed by atoms with van der Waals surface area (Å²) >= 11 is 13.5. The molecule has 0 atom stereocenters. The van der Waals surface area contributed by atoms with E-state index >= 15 is 0 Å². The Bertz CT molecular complexity index is 537. The standard InChI is InChI=1S/C18H25BrClNOS2/c1-3-13-9-15(19)10-14(4-2)18(13)21(16(22)11-20)12-17-23-7-5-6-8-24-17/h9-10,17H,3-8,11-12H2,1-2H3. The summed E-state index contributed by atoms with van der Waals surface area (Å²) in [5.74, 6) is 2.41. The Balaban J connectivity index is 2.38. The zero-order valence-corrected chi connectivity index (χ0v) is 18.3. The molecule has 0 N–H and O–H groups in total. The van der Waals surface area contributed by atoms with Gasteiger partial charge in [-0.1, -0.05) is 29.8 Å². The molecule has 24 heavy (non-hydrogen) atoms. The predicted molar refractivity (Wildman–Crippen MR) is 114 cm³/mol. The van der Waals surface area contributed by atoms with Crippen LogP contribution in [0.5, 0.6) is 0 Å². The van der Waals surface area contributed by atoms with Gasteiger partial charge < -0.3 is 4.90 Å². The second-order valence-corrected chi connectivity index (χ2v) is 9.90. The number of carbonyl (C=O) groups is 1. The first-order valence-electron chi connectivity index (χ1n) is 8.51. The Labute approximate surface area is 167 Å². The molecule has 0 unspecified atom stereocenters. The highest BCUT2D eigenvalue weighted by atomic mass is 79.9. The van der Waals surface area contributed by atoms with Gasteiger partial charge >= 0.3 is 0 Å². The average Bonchev–Trinajstić information content (AvgIpc) is 2.87. The minimum absolute atomic E-state index is 0.00818. The average molecular weight is 451 g/mol. The molecule has 1 saturated heterocycles. The lowest BCUT2D eigenvalue weighted by Gasteiger charge is -2.30. The highest BCUT2D eigenvalue weighted by molar-refractivity contribution is 9.10. The Morgan fingerprint density at radius 2 is 1.75 bits per heavy atom. The van der Waals surface area contributed by atoms with Crippen molar-refractivity contribution in [3.8, 4) is 0 Å². The fraction of sp³-hybridized carbons (Fsp3) is 0.611. The number of alkyl halides is 1.